The SMILES string of the molecule is CC(C)C[C@H](N)C(=O)N[C@@H](CO)C(=O)N1CCC[C@H]1C(=O)N[C@@H](CCCN=C(N)N)C(=O)N[C@@H](CCCN=C(N)N)C(=O)N[C@@H](Cc1cnc[nH]1)C(=O)O. The minimum absolute atomic E-state index is 0.00199. The van der Waals surface area contributed by atoms with E-state index in [9.17, 15) is 39.0 Å². The summed E-state index contributed by atoms with van der Waals surface area (Å²) in [6.07, 6.45) is 4.05. The number of hydrogen-bond donors (Lipinski definition) is 12. The van der Waals surface area contributed by atoms with Crippen molar-refractivity contribution in [2.75, 3.05) is 26.2 Å². The van der Waals surface area contributed by atoms with Crippen molar-refractivity contribution in [1.29, 1.82) is 0 Å². The number of aliphatic hydroxyl groups excluding tert-OH is 1. The number of rotatable bonds is 23. The number of carboxylic acids is 1. The van der Waals surface area contributed by atoms with Gasteiger partial charge in [0, 0.05) is 37.9 Å². The average Bonchev–Trinajstić information content (AvgIpc) is 3.81. The Kier molecular flexibility index (Phi) is 18.6. The quantitative estimate of drug-likeness (QED) is 0.0284. The fraction of sp³-hybridized carbons (Fsp3) is 0.656. The summed E-state index contributed by atoms with van der Waals surface area (Å²) in [6.45, 7) is 3.37. The van der Waals surface area contributed by atoms with Gasteiger partial charge in [-0.15, -0.1) is 0 Å². The van der Waals surface area contributed by atoms with Gasteiger partial charge in [0.25, 0.3) is 0 Å². The lowest BCUT2D eigenvalue weighted by Gasteiger charge is -2.30. The second kappa shape index (κ2) is 22.5. The first-order chi connectivity index (χ1) is 25.5. The molecule has 2 heterocycles. The number of H-pyrrole nitrogens is 1. The number of likely N-dealkylation sites (tertiary alicyclic amines) is 1. The van der Waals surface area contributed by atoms with Gasteiger partial charge < -0.3 is 70.0 Å². The molecule has 22 heteroatoms. The molecule has 1 saturated heterocycles. The molecule has 1 fully saturated rings. The lowest BCUT2D eigenvalue weighted by Crippen LogP contribution is -2.59. The number of aliphatic carboxylic acids is 1. The first-order valence-electron chi connectivity index (χ1n) is 17.7. The first-order valence-corrected chi connectivity index (χ1v) is 17.7. The molecule has 22 nitrogen and oxygen atoms in total. The predicted molar refractivity (Wildman–Crippen MR) is 197 cm³/mol. The van der Waals surface area contributed by atoms with Gasteiger partial charge in [0.15, 0.2) is 11.9 Å². The number of carbonyl (C=O) groups is 6. The smallest absolute Gasteiger partial charge is 0.326 e. The summed E-state index contributed by atoms with van der Waals surface area (Å²) in [5.74, 6) is -5.21. The van der Waals surface area contributed by atoms with E-state index in [0.717, 1.165) is 0 Å². The highest BCUT2D eigenvalue weighted by molar-refractivity contribution is 5.96. The van der Waals surface area contributed by atoms with Gasteiger partial charge in [-0.1, -0.05) is 13.8 Å². The zero-order valence-corrected chi connectivity index (χ0v) is 30.7. The van der Waals surface area contributed by atoms with Crippen molar-refractivity contribution in [2.24, 2.45) is 44.6 Å². The Hall–Kier alpha value is -5.51. The number of nitrogens with two attached hydrogens (primary N) is 5. The second-order valence-corrected chi connectivity index (χ2v) is 13.4. The summed E-state index contributed by atoms with van der Waals surface area (Å²) in [4.78, 5) is 94.8. The molecule has 1 aromatic rings. The second-order valence-electron chi connectivity index (χ2n) is 13.4. The van der Waals surface area contributed by atoms with Gasteiger partial charge in [0.05, 0.1) is 19.0 Å². The van der Waals surface area contributed by atoms with Gasteiger partial charge in [-0.25, -0.2) is 9.78 Å². The molecule has 1 aliphatic heterocycles. The lowest BCUT2D eigenvalue weighted by molar-refractivity contribution is -0.143. The fourth-order valence-electron chi connectivity index (χ4n) is 5.76. The van der Waals surface area contributed by atoms with E-state index in [0.29, 0.717) is 18.5 Å². The number of nitrogens with zero attached hydrogens (tertiary/aromatic N) is 4. The predicted octanol–water partition coefficient (Wildman–Crippen LogP) is -4.56. The Balaban J connectivity index is 2.28. The van der Waals surface area contributed by atoms with Crippen LogP contribution in [0.3, 0.4) is 0 Å². The van der Waals surface area contributed by atoms with Crippen molar-refractivity contribution in [3.8, 4) is 0 Å². The standard InChI is InChI=1S/C32H56N14O8/c1-17(2)12-19(33)25(48)45-23(15-47)29(52)46-11-5-8-24(46)28(51)43-21(7-4-10-40-32(36)37)26(49)42-20(6-3-9-39-31(34)35)27(50)44-22(30(53)54)13-18-14-38-16-41-18/h14,16-17,19-24,47H,3-13,15,33H2,1-2H3,(H,38,41)(H,42,49)(H,43,51)(H,44,50)(H,45,48)(H,53,54)(H4,34,35,39)(H4,36,37,40)/t19-,20-,21-,22-,23-,24-/m0/s1. The summed E-state index contributed by atoms with van der Waals surface area (Å²) < 4.78 is 0. The number of aliphatic imine (C=N–C) groups is 2. The molecule has 302 valence electrons. The molecule has 5 amide bonds. The Morgan fingerprint density at radius 1 is 0.889 bits per heavy atom. The van der Waals surface area contributed by atoms with E-state index in [1.54, 1.807) is 0 Å². The Morgan fingerprint density at radius 2 is 1.44 bits per heavy atom. The van der Waals surface area contributed by atoms with E-state index >= 15 is 0 Å². The Morgan fingerprint density at radius 3 is 1.94 bits per heavy atom. The van der Waals surface area contributed by atoms with E-state index in [-0.39, 0.29) is 76.0 Å². The van der Waals surface area contributed by atoms with Gasteiger partial charge in [-0.05, 0) is 50.9 Å². The number of carbonyl (C=O) groups excluding carboxylic acids is 5. The van der Waals surface area contributed by atoms with Crippen molar-refractivity contribution in [3.63, 3.8) is 0 Å². The van der Waals surface area contributed by atoms with Crippen LogP contribution in [0.15, 0.2) is 22.5 Å². The number of carboxylic acid groups (broad SMARTS) is 1. The van der Waals surface area contributed by atoms with E-state index in [1.165, 1.54) is 17.4 Å². The minimum atomic E-state index is -1.38. The van der Waals surface area contributed by atoms with Crippen molar-refractivity contribution in [1.82, 2.24) is 36.1 Å². The van der Waals surface area contributed by atoms with Gasteiger partial charge in [0.2, 0.25) is 29.5 Å². The van der Waals surface area contributed by atoms with E-state index in [1.807, 2.05) is 13.8 Å². The van der Waals surface area contributed by atoms with Crippen molar-refractivity contribution in [2.45, 2.75) is 101 Å². The lowest BCUT2D eigenvalue weighted by atomic mass is 10.0. The molecule has 0 aromatic carbocycles. The number of amides is 5. The monoisotopic (exact) mass is 764 g/mol. The molecule has 0 bridgehead atoms. The number of guanidine groups is 2. The number of imidazole rings is 1. The maximum absolute atomic E-state index is 13.8. The number of aliphatic hydroxyl groups is 1. The molecule has 0 aliphatic carbocycles. The van der Waals surface area contributed by atoms with Crippen LogP contribution in [-0.4, -0.2) is 135 Å². The van der Waals surface area contributed by atoms with Gasteiger partial charge in [-0.3, -0.25) is 34.0 Å². The molecular formula is C32H56N14O8. The largest absolute Gasteiger partial charge is 0.480 e. The first kappa shape index (κ1) is 44.7. The van der Waals surface area contributed by atoms with Gasteiger partial charge in [-0.2, -0.15) is 0 Å². The van der Waals surface area contributed by atoms with Crippen LogP contribution in [0.5, 0.6) is 0 Å². The molecule has 2 rings (SSSR count). The molecule has 0 spiro atoms. The highest BCUT2D eigenvalue weighted by atomic mass is 16.4. The third-order valence-electron chi connectivity index (χ3n) is 8.45. The third-order valence-corrected chi connectivity index (χ3v) is 8.45. The average molecular weight is 765 g/mol. The van der Waals surface area contributed by atoms with E-state index < -0.39 is 78.4 Å². The summed E-state index contributed by atoms with van der Waals surface area (Å²) in [7, 11) is 0. The summed E-state index contributed by atoms with van der Waals surface area (Å²) in [5, 5.41) is 30.0. The fourth-order valence-corrected chi connectivity index (χ4v) is 5.76. The summed E-state index contributed by atoms with van der Waals surface area (Å²) >= 11 is 0. The van der Waals surface area contributed by atoms with Crippen LogP contribution >= 0.6 is 0 Å². The molecule has 6 atom stereocenters. The van der Waals surface area contributed by atoms with Crippen molar-refractivity contribution >= 4 is 47.4 Å². The highest BCUT2D eigenvalue weighted by Crippen LogP contribution is 2.19. The normalized spacial score (nSPS) is 16.6. The van der Waals surface area contributed by atoms with Crippen LogP contribution < -0.4 is 49.9 Å². The molecule has 17 N–H and O–H groups in total. The molecule has 0 unspecified atom stereocenters. The minimum Gasteiger partial charge on any atom is -0.480 e. The van der Waals surface area contributed by atoms with Crippen LogP contribution in [0.1, 0.15) is 64.5 Å². The highest BCUT2D eigenvalue weighted by Gasteiger charge is 2.39. The number of nitrogens with one attached hydrogen (secondary N) is 5. The molecular weight excluding hydrogens is 708 g/mol. The zero-order valence-electron chi connectivity index (χ0n) is 30.7. The topological polar surface area (TPSA) is 378 Å². The van der Waals surface area contributed by atoms with Crippen LogP contribution in [0, 0.1) is 5.92 Å². The van der Waals surface area contributed by atoms with Crippen LogP contribution in [0.4, 0.5) is 0 Å². The molecule has 0 saturated carbocycles. The van der Waals surface area contributed by atoms with Gasteiger partial charge in [0.1, 0.15) is 30.2 Å². The van der Waals surface area contributed by atoms with Crippen molar-refractivity contribution < 1.29 is 39.0 Å². The molecule has 1 aromatic heterocycles. The number of hydrogen-bond acceptors (Lipinski definition) is 11. The summed E-state index contributed by atoms with van der Waals surface area (Å²) in [6, 6.07) is -7.25. The van der Waals surface area contributed by atoms with E-state index in [2.05, 4.69) is 41.2 Å². The molecule has 54 heavy (non-hydrogen) atoms. The van der Waals surface area contributed by atoms with Crippen LogP contribution in [0.2, 0.25) is 0 Å². The maximum atomic E-state index is 13.8. The molecule has 1 aliphatic rings. The number of aromatic amines is 1. The van der Waals surface area contributed by atoms with Crippen LogP contribution in [0.25, 0.3) is 0 Å². The Labute approximate surface area is 312 Å². The van der Waals surface area contributed by atoms with Gasteiger partial charge >= 0.3 is 5.97 Å². The molecule has 0 radical (unpaired) electrons. The number of aromatic nitrogens is 2. The van der Waals surface area contributed by atoms with Crippen LogP contribution in [-0.2, 0) is 35.2 Å². The summed E-state index contributed by atoms with van der Waals surface area (Å²) in [5.41, 5.74) is 28.1. The third kappa shape index (κ3) is 15.2. The maximum Gasteiger partial charge on any atom is 0.326 e. The zero-order chi connectivity index (χ0) is 40.4. The Bertz CT molecular complexity index is 1460. The van der Waals surface area contributed by atoms with E-state index in [4.69, 9.17) is 28.7 Å². The van der Waals surface area contributed by atoms with Crippen molar-refractivity contribution in [3.05, 3.63) is 18.2 Å².